The second-order valence-electron chi connectivity index (χ2n) is 4.86. The minimum absolute atomic E-state index is 0.0615. The molecule has 0 aliphatic heterocycles. The SMILES string of the molecule is CCN(Cc1cc(Cl)ccc1Cl)C(=O)C(N)C(C)C. The summed E-state index contributed by atoms with van der Waals surface area (Å²) < 4.78 is 0. The average molecular weight is 303 g/mol. The molecular weight excluding hydrogens is 283 g/mol. The van der Waals surface area contributed by atoms with Gasteiger partial charge < -0.3 is 10.6 Å². The number of benzene rings is 1. The van der Waals surface area contributed by atoms with E-state index >= 15 is 0 Å². The lowest BCUT2D eigenvalue weighted by Crippen LogP contribution is -2.46. The minimum Gasteiger partial charge on any atom is -0.337 e. The van der Waals surface area contributed by atoms with E-state index in [4.69, 9.17) is 28.9 Å². The van der Waals surface area contributed by atoms with E-state index in [1.807, 2.05) is 20.8 Å². The van der Waals surface area contributed by atoms with E-state index in [-0.39, 0.29) is 11.8 Å². The van der Waals surface area contributed by atoms with Crippen LogP contribution in [0.4, 0.5) is 0 Å². The Labute approximate surface area is 124 Å². The van der Waals surface area contributed by atoms with Crippen LogP contribution in [0.3, 0.4) is 0 Å². The number of hydrogen-bond acceptors (Lipinski definition) is 2. The van der Waals surface area contributed by atoms with Crippen molar-refractivity contribution >= 4 is 29.1 Å². The summed E-state index contributed by atoms with van der Waals surface area (Å²) in [6.07, 6.45) is 0. The second kappa shape index (κ2) is 7.13. The first-order valence-corrected chi connectivity index (χ1v) is 7.10. The Bertz CT molecular complexity index is 449. The number of amides is 1. The highest BCUT2D eigenvalue weighted by Crippen LogP contribution is 2.22. The van der Waals surface area contributed by atoms with Gasteiger partial charge in [-0.1, -0.05) is 37.0 Å². The van der Waals surface area contributed by atoms with Crippen molar-refractivity contribution in [3.05, 3.63) is 33.8 Å². The first kappa shape index (κ1) is 16.3. The third kappa shape index (κ3) is 4.37. The van der Waals surface area contributed by atoms with Gasteiger partial charge in [-0.3, -0.25) is 4.79 Å². The van der Waals surface area contributed by atoms with Crippen LogP contribution in [-0.2, 0) is 11.3 Å². The molecule has 0 aliphatic rings. The molecule has 2 N–H and O–H groups in total. The summed E-state index contributed by atoms with van der Waals surface area (Å²) in [5.41, 5.74) is 6.74. The predicted octanol–water partition coefficient (Wildman–Crippen LogP) is 3.33. The summed E-state index contributed by atoms with van der Waals surface area (Å²) in [7, 11) is 0. The second-order valence-corrected chi connectivity index (χ2v) is 5.70. The topological polar surface area (TPSA) is 46.3 Å². The molecule has 0 radical (unpaired) electrons. The highest BCUT2D eigenvalue weighted by Gasteiger charge is 2.23. The van der Waals surface area contributed by atoms with Crippen LogP contribution in [0.15, 0.2) is 18.2 Å². The van der Waals surface area contributed by atoms with Gasteiger partial charge in [-0.2, -0.15) is 0 Å². The number of carbonyl (C=O) groups is 1. The Morgan fingerprint density at radius 2 is 2.00 bits per heavy atom. The smallest absolute Gasteiger partial charge is 0.240 e. The molecule has 0 spiro atoms. The maximum Gasteiger partial charge on any atom is 0.240 e. The van der Waals surface area contributed by atoms with Gasteiger partial charge in [-0.15, -0.1) is 0 Å². The van der Waals surface area contributed by atoms with Gasteiger partial charge in [0.2, 0.25) is 5.91 Å². The van der Waals surface area contributed by atoms with Crippen LogP contribution in [0, 0.1) is 5.92 Å². The van der Waals surface area contributed by atoms with Crippen molar-refractivity contribution in [1.82, 2.24) is 4.90 Å². The number of likely N-dealkylation sites (N-methyl/N-ethyl adjacent to an activating group) is 1. The molecule has 1 atom stereocenters. The Hall–Kier alpha value is -0.770. The van der Waals surface area contributed by atoms with Crippen LogP contribution in [0.5, 0.6) is 0 Å². The van der Waals surface area contributed by atoms with Crippen molar-refractivity contribution < 1.29 is 4.79 Å². The van der Waals surface area contributed by atoms with E-state index in [2.05, 4.69) is 0 Å². The summed E-state index contributed by atoms with van der Waals surface area (Å²) >= 11 is 12.1. The fourth-order valence-corrected chi connectivity index (χ4v) is 2.08. The molecule has 106 valence electrons. The first-order valence-electron chi connectivity index (χ1n) is 6.35. The van der Waals surface area contributed by atoms with Gasteiger partial charge >= 0.3 is 0 Å². The lowest BCUT2D eigenvalue weighted by atomic mass is 10.0. The highest BCUT2D eigenvalue weighted by molar-refractivity contribution is 6.33. The third-order valence-corrected chi connectivity index (χ3v) is 3.67. The highest BCUT2D eigenvalue weighted by atomic mass is 35.5. The van der Waals surface area contributed by atoms with Crippen molar-refractivity contribution in [3.8, 4) is 0 Å². The van der Waals surface area contributed by atoms with Gasteiger partial charge in [0.1, 0.15) is 0 Å². The molecule has 0 fully saturated rings. The van der Waals surface area contributed by atoms with E-state index in [9.17, 15) is 4.79 Å². The molecule has 3 nitrogen and oxygen atoms in total. The van der Waals surface area contributed by atoms with Crippen molar-refractivity contribution in [2.45, 2.75) is 33.4 Å². The molecule has 0 heterocycles. The van der Waals surface area contributed by atoms with E-state index in [0.29, 0.717) is 23.1 Å². The fourth-order valence-electron chi connectivity index (χ4n) is 1.71. The molecule has 0 saturated heterocycles. The molecule has 1 aromatic carbocycles. The number of nitrogens with two attached hydrogens (primary N) is 1. The van der Waals surface area contributed by atoms with Gasteiger partial charge in [-0.25, -0.2) is 0 Å². The average Bonchev–Trinajstić information content (AvgIpc) is 2.37. The molecule has 0 saturated carbocycles. The lowest BCUT2D eigenvalue weighted by molar-refractivity contribution is -0.134. The molecule has 1 aromatic rings. The van der Waals surface area contributed by atoms with E-state index in [1.165, 1.54) is 0 Å². The maximum absolute atomic E-state index is 12.2. The lowest BCUT2D eigenvalue weighted by Gasteiger charge is -2.26. The summed E-state index contributed by atoms with van der Waals surface area (Å²) in [6.45, 7) is 6.80. The first-order chi connectivity index (χ1) is 8.86. The molecule has 5 heteroatoms. The van der Waals surface area contributed by atoms with Crippen molar-refractivity contribution in [3.63, 3.8) is 0 Å². The summed E-state index contributed by atoms with van der Waals surface area (Å²) in [4.78, 5) is 13.9. The zero-order chi connectivity index (χ0) is 14.6. The number of carbonyl (C=O) groups excluding carboxylic acids is 1. The van der Waals surface area contributed by atoms with Crippen LogP contribution in [-0.4, -0.2) is 23.4 Å². The van der Waals surface area contributed by atoms with Crippen LogP contribution >= 0.6 is 23.2 Å². The van der Waals surface area contributed by atoms with E-state index in [1.54, 1.807) is 23.1 Å². The summed E-state index contributed by atoms with van der Waals surface area (Å²) in [6, 6.07) is 4.75. The molecule has 1 rings (SSSR count). The van der Waals surface area contributed by atoms with E-state index in [0.717, 1.165) is 5.56 Å². The molecule has 0 aliphatic carbocycles. The Morgan fingerprint density at radius 1 is 1.37 bits per heavy atom. The summed E-state index contributed by atoms with van der Waals surface area (Å²) in [5, 5.41) is 1.21. The fraction of sp³-hybridized carbons (Fsp3) is 0.500. The van der Waals surface area contributed by atoms with Crippen molar-refractivity contribution in [2.24, 2.45) is 11.7 Å². The molecular formula is C14H20Cl2N2O. The van der Waals surface area contributed by atoms with Crippen LogP contribution in [0.25, 0.3) is 0 Å². The molecule has 1 unspecified atom stereocenters. The summed E-state index contributed by atoms with van der Waals surface area (Å²) in [5.74, 6) is 0.0462. The predicted molar refractivity (Wildman–Crippen MR) is 80.4 cm³/mol. The van der Waals surface area contributed by atoms with Crippen LogP contribution in [0.2, 0.25) is 10.0 Å². The van der Waals surface area contributed by atoms with Crippen molar-refractivity contribution in [1.29, 1.82) is 0 Å². The number of hydrogen-bond donors (Lipinski definition) is 1. The van der Waals surface area contributed by atoms with Gasteiger partial charge in [0.05, 0.1) is 6.04 Å². The third-order valence-electron chi connectivity index (χ3n) is 3.07. The van der Waals surface area contributed by atoms with Gasteiger partial charge in [0, 0.05) is 23.1 Å². The molecule has 19 heavy (non-hydrogen) atoms. The Balaban J connectivity index is 2.87. The Morgan fingerprint density at radius 3 is 2.53 bits per heavy atom. The van der Waals surface area contributed by atoms with Gasteiger partial charge in [0.25, 0.3) is 0 Å². The minimum atomic E-state index is -0.488. The Kier molecular flexibility index (Phi) is 6.11. The molecule has 0 bridgehead atoms. The standard InChI is InChI=1S/C14H20Cl2N2O/c1-4-18(14(19)13(17)9(2)3)8-10-7-11(15)5-6-12(10)16/h5-7,9,13H,4,8,17H2,1-3H3. The maximum atomic E-state index is 12.2. The number of nitrogens with zero attached hydrogens (tertiary/aromatic N) is 1. The van der Waals surface area contributed by atoms with Crippen LogP contribution in [0.1, 0.15) is 26.3 Å². The van der Waals surface area contributed by atoms with Gasteiger partial charge in [-0.05, 0) is 36.6 Å². The molecule has 0 aromatic heterocycles. The quantitative estimate of drug-likeness (QED) is 0.907. The van der Waals surface area contributed by atoms with Crippen molar-refractivity contribution in [2.75, 3.05) is 6.54 Å². The van der Waals surface area contributed by atoms with E-state index < -0.39 is 6.04 Å². The zero-order valence-corrected chi connectivity index (χ0v) is 13.0. The number of halogens is 2. The normalized spacial score (nSPS) is 12.6. The largest absolute Gasteiger partial charge is 0.337 e. The van der Waals surface area contributed by atoms with Crippen LogP contribution < -0.4 is 5.73 Å². The molecule has 1 amide bonds. The zero-order valence-electron chi connectivity index (χ0n) is 11.5. The number of rotatable bonds is 5. The van der Waals surface area contributed by atoms with Gasteiger partial charge in [0.15, 0.2) is 0 Å². The monoisotopic (exact) mass is 302 g/mol.